The predicted octanol–water partition coefficient (Wildman–Crippen LogP) is 4.23. The van der Waals surface area contributed by atoms with Crippen LogP contribution in [0.25, 0.3) is 0 Å². The van der Waals surface area contributed by atoms with Crippen LogP contribution in [0.3, 0.4) is 0 Å². The highest BCUT2D eigenvalue weighted by Gasteiger charge is 2.34. The number of ether oxygens (including phenoxy) is 1. The van der Waals surface area contributed by atoms with E-state index in [0.29, 0.717) is 6.07 Å². The van der Waals surface area contributed by atoms with E-state index in [-0.39, 0.29) is 11.1 Å². The molecule has 0 bridgehead atoms. The molecule has 0 aliphatic rings. The highest BCUT2D eigenvalue weighted by molar-refractivity contribution is 5.95. The van der Waals surface area contributed by atoms with Gasteiger partial charge in [-0.05, 0) is 42.5 Å². The van der Waals surface area contributed by atoms with Gasteiger partial charge in [-0.25, -0.2) is 0 Å². The predicted molar refractivity (Wildman–Crippen MR) is 80.4 cm³/mol. The quantitative estimate of drug-likeness (QED) is 0.606. The maximum Gasteiger partial charge on any atom is 0.573 e. The molecule has 2 N–H and O–H groups in total. The number of nitrogens with one attached hydrogen (secondary N) is 2. The summed E-state index contributed by atoms with van der Waals surface area (Å²) in [5.74, 6) is -1.45. The molecular weight excluding hydrogens is 380 g/mol. The molecule has 1 amide bonds. The highest BCUT2D eigenvalue weighted by atomic mass is 19.4. The molecule has 5 nitrogen and oxygen atoms in total. The number of alkyl halides is 6. The van der Waals surface area contributed by atoms with Gasteiger partial charge in [-0.15, -0.1) is 13.2 Å². The molecule has 2 aromatic rings. The van der Waals surface area contributed by atoms with Crippen LogP contribution in [-0.4, -0.2) is 12.3 Å². The summed E-state index contributed by atoms with van der Waals surface area (Å²) >= 11 is 0. The van der Waals surface area contributed by atoms with Crippen LogP contribution in [0.2, 0.25) is 0 Å². The fourth-order valence-electron chi connectivity index (χ4n) is 1.96. The first-order valence-electron chi connectivity index (χ1n) is 7.03. The third-order valence-electron chi connectivity index (χ3n) is 3.11. The molecule has 2 rings (SSSR count). The molecule has 0 saturated carbocycles. The lowest BCUT2D eigenvalue weighted by Crippen LogP contribution is -2.30. The third kappa shape index (κ3) is 5.53. The van der Waals surface area contributed by atoms with Crippen molar-refractivity contribution in [2.24, 2.45) is 0 Å². The van der Waals surface area contributed by atoms with Gasteiger partial charge in [0.25, 0.3) is 5.91 Å². The zero-order valence-corrected chi connectivity index (χ0v) is 13.1. The van der Waals surface area contributed by atoms with Gasteiger partial charge >= 0.3 is 12.5 Å². The average molecular weight is 389 g/mol. The van der Waals surface area contributed by atoms with Gasteiger partial charge in [-0.1, -0.05) is 0 Å². The number of anilines is 1. The Kier molecular flexibility index (Phi) is 5.49. The number of rotatable bonds is 4. The Bertz CT molecular complexity index is 870. The topological polar surface area (TPSA) is 74.2 Å². The molecule has 0 spiro atoms. The molecule has 11 heteroatoms. The van der Waals surface area contributed by atoms with Gasteiger partial charge in [0, 0.05) is 5.56 Å². The number of hydrazine groups is 1. The maximum atomic E-state index is 13.0. The van der Waals surface area contributed by atoms with Crippen LogP contribution in [0, 0.1) is 11.3 Å². The van der Waals surface area contributed by atoms with Crippen LogP contribution in [0.5, 0.6) is 5.75 Å². The Hall–Kier alpha value is -3.42. The monoisotopic (exact) mass is 389 g/mol. The Labute approximate surface area is 148 Å². The number of amides is 1. The van der Waals surface area contributed by atoms with Crippen molar-refractivity contribution in [3.8, 4) is 11.8 Å². The Morgan fingerprint density at radius 1 is 1.00 bits per heavy atom. The van der Waals surface area contributed by atoms with Crippen LogP contribution in [0.15, 0.2) is 42.5 Å². The highest BCUT2D eigenvalue weighted by Crippen LogP contribution is 2.35. The Balaban J connectivity index is 2.11. The maximum absolute atomic E-state index is 13.0. The molecule has 0 aliphatic carbocycles. The summed E-state index contributed by atoms with van der Waals surface area (Å²) in [6.07, 6.45) is -9.68. The van der Waals surface area contributed by atoms with E-state index in [2.05, 4.69) is 10.2 Å². The molecule has 0 aromatic heterocycles. The van der Waals surface area contributed by atoms with Gasteiger partial charge in [0.05, 0.1) is 22.9 Å². The second-order valence-corrected chi connectivity index (χ2v) is 5.02. The van der Waals surface area contributed by atoms with Crippen molar-refractivity contribution >= 4 is 11.6 Å². The van der Waals surface area contributed by atoms with E-state index in [9.17, 15) is 31.1 Å². The molecule has 0 radical (unpaired) electrons. The molecule has 0 unspecified atom stereocenters. The van der Waals surface area contributed by atoms with Crippen molar-refractivity contribution in [1.82, 2.24) is 5.43 Å². The second-order valence-electron chi connectivity index (χ2n) is 5.02. The number of benzene rings is 2. The summed E-state index contributed by atoms with van der Waals surface area (Å²) in [5.41, 5.74) is 2.05. The van der Waals surface area contributed by atoms with Crippen molar-refractivity contribution in [3.05, 3.63) is 59.2 Å². The summed E-state index contributed by atoms with van der Waals surface area (Å²) in [6.45, 7) is 0. The van der Waals surface area contributed by atoms with Gasteiger partial charge < -0.3 is 4.74 Å². The van der Waals surface area contributed by atoms with Crippen molar-refractivity contribution in [2.45, 2.75) is 12.5 Å². The molecule has 0 aliphatic heterocycles. The minimum Gasteiger partial charge on any atom is -0.406 e. The number of nitrogens with zero attached hydrogens (tertiary/aromatic N) is 1. The molecule has 27 heavy (non-hydrogen) atoms. The van der Waals surface area contributed by atoms with Crippen molar-refractivity contribution < 1.29 is 35.9 Å². The minimum atomic E-state index is -4.89. The van der Waals surface area contributed by atoms with Crippen LogP contribution in [0.1, 0.15) is 21.5 Å². The molecule has 142 valence electrons. The van der Waals surface area contributed by atoms with Crippen LogP contribution < -0.4 is 15.6 Å². The van der Waals surface area contributed by atoms with Crippen molar-refractivity contribution in [3.63, 3.8) is 0 Å². The van der Waals surface area contributed by atoms with E-state index in [0.717, 1.165) is 36.4 Å². The van der Waals surface area contributed by atoms with E-state index in [1.165, 1.54) is 0 Å². The molecule has 0 heterocycles. The fourth-order valence-corrected chi connectivity index (χ4v) is 1.96. The lowest BCUT2D eigenvalue weighted by atomic mass is 10.1. The number of halogens is 6. The van der Waals surface area contributed by atoms with Crippen molar-refractivity contribution in [1.29, 1.82) is 5.26 Å². The lowest BCUT2D eigenvalue weighted by molar-refractivity contribution is -0.274. The van der Waals surface area contributed by atoms with E-state index in [4.69, 9.17) is 5.26 Å². The number of nitriles is 1. The van der Waals surface area contributed by atoms with Gasteiger partial charge in [0.2, 0.25) is 0 Å². The standard InChI is InChI=1S/C16H9F6N3O2/c17-15(18,19)12-7-9(8-23)1-6-13(12)24-25-14(26)10-2-4-11(5-3-10)27-16(20,21)22/h1-7,24H,(H,25,26). The zero-order chi connectivity index (χ0) is 20.2. The van der Waals surface area contributed by atoms with Crippen LogP contribution >= 0.6 is 0 Å². The number of hydrogen-bond acceptors (Lipinski definition) is 4. The van der Waals surface area contributed by atoms with Crippen molar-refractivity contribution in [2.75, 3.05) is 5.43 Å². The fraction of sp³-hybridized carbons (Fsp3) is 0.125. The number of hydrogen-bond donors (Lipinski definition) is 2. The lowest BCUT2D eigenvalue weighted by Gasteiger charge is -2.15. The largest absolute Gasteiger partial charge is 0.573 e. The van der Waals surface area contributed by atoms with Crippen LogP contribution in [0.4, 0.5) is 32.0 Å². The molecule has 0 saturated heterocycles. The SMILES string of the molecule is N#Cc1ccc(NNC(=O)c2ccc(OC(F)(F)F)cc2)c(C(F)(F)F)c1. The number of carbonyl (C=O) groups excluding carboxylic acids is 1. The van der Waals surface area contributed by atoms with E-state index in [1.807, 2.05) is 5.43 Å². The molecular formula is C16H9F6N3O2. The molecule has 2 aromatic carbocycles. The van der Waals surface area contributed by atoms with E-state index >= 15 is 0 Å². The third-order valence-corrected chi connectivity index (χ3v) is 3.11. The first-order valence-corrected chi connectivity index (χ1v) is 7.03. The van der Waals surface area contributed by atoms with Gasteiger partial charge in [-0.3, -0.25) is 15.6 Å². The van der Waals surface area contributed by atoms with Gasteiger partial charge in [-0.2, -0.15) is 18.4 Å². The first kappa shape index (κ1) is 19.9. The Morgan fingerprint density at radius 2 is 1.63 bits per heavy atom. The summed E-state index contributed by atoms with van der Waals surface area (Å²) in [6, 6.07) is 8.02. The molecule has 0 fully saturated rings. The summed E-state index contributed by atoms with van der Waals surface area (Å²) in [7, 11) is 0. The normalized spacial score (nSPS) is 11.4. The summed E-state index contributed by atoms with van der Waals surface area (Å²) < 4.78 is 78.9. The number of carbonyl (C=O) groups is 1. The summed E-state index contributed by atoms with van der Waals surface area (Å²) in [5, 5.41) is 8.69. The van der Waals surface area contributed by atoms with E-state index < -0.39 is 35.4 Å². The van der Waals surface area contributed by atoms with Crippen LogP contribution in [-0.2, 0) is 6.18 Å². The van der Waals surface area contributed by atoms with Gasteiger partial charge in [0.15, 0.2) is 0 Å². The average Bonchev–Trinajstić information content (AvgIpc) is 2.58. The second kappa shape index (κ2) is 7.45. The van der Waals surface area contributed by atoms with Gasteiger partial charge in [0.1, 0.15) is 5.75 Å². The smallest absolute Gasteiger partial charge is 0.406 e. The zero-order valence-electron chi connectivity index (χ0n) is 13.1. The summed E-state index contributed by atoms with van der Waals surface area (Å²) in [4.78, 5) is 11.9. The first-order chi connectivity index (χ1) is 12.5. The minimum absolute atomic E-state index is 0.126. The Morgan fingerprint density at radius 3 is 2.15 bits per heavy atom. The molecule has 0 atom stereocenters. The van der Waals surface area contributed by atoms with E-state index in [1.54, 1.807) is 6.07 Å².